The first-order valence-corrected chi connectivity index (χ1v) is 14.0. The van der Waals surface area contributed by atoms with Crippen LogP contribution >= 0.6 is 46.4 Å². The lowest BCUT2D eigenvalue weighted by Gasteiger charge is -2.03. The van der Waals surface area contributed by atoms with Crippen LogP contribution in [0.1, 0.15) is 24.0 Å². The van der Waals surface area contributed by atoms with E-state index in [1.807, 2.05) is 0 Å². The van der Waals surface area contributed by atoms with Crippen LogP contribution in [0.2, 0.25) is 20.1 Å². The number of carbonyl (C=O) groups is 1. The van der Waals surface area contributed by atoms with E-state index in [0.717, 1.165) is 0 Å². The SMILES string of the molecule is O=C1/C(=C/c2ccc(O)c(N=Nc3cc(Cl)ccc3Cl)c2)CC/C1=C\c1ccc(O)c(N=Nc2cc(Cl)ccc2Cl)c1. The third kappa shape index (κ3) is 7.06. The molecule has 11 heteroatoms. The quantitative estimate of drug-likeness (QED) is 0.162. The average Bonchev–Trinajstić information content (AvgIpc) is 3.30. The Labute approximate surface area is 261 Å². The first kappa shape index (κ1) is 29.5. The van der Waals surface area contributed by atoms with Crippen molar-refractivity contribution in [2.24, 2.45) is 20.5 Å². The predicted octanol–water partition coefficient (Wildman–Crippen LogP) is 11.4. The standard InChI is InChI=1S/C31H20Cl4N4O3/c32-21-5-7-23(34)25(15-21)36-38-27-13-17(1-9-29(27)40)11-19-3-4-20(31(19)42)12-18-2-10-30(41)28(14-18)39-37-26-16-22(33)6-8-24(26)35/h1-2,5-16,40-41H,3-4H2/b19-11+,20-12+,38-36?,39-37?. The molecule has 1 saturated carbocycles. The van der Waals surface area contributed by atoms with Crippen LogP contribution in [0.15, 0.2) is 104 Å². The lowest BCUT2D eigenvalue weighted by atomic mass is 10.1. The molecule has 0 aromatic heterocycles. The third-order valence-electron chi connectivity index (χ3n) is 6.28. The van der Waals surface area contributed by atoms with Crippen molar-refractivity contribution in [2.45, 2.75) is 12.8 Å². The Bertz CT molecular complexity index is 1700. The summed E-state index contributed by atoms with van der Waals surface area (Å²) in [4.78, 5) is 13.2. The van der Waals surface area contributed by atoms with Gasteiger partial charge in [-0.15, -0.1) is 20.5 Å². The van der Waals surface area contributed by atoms with E-state index in [0.29, 0.717) is 66.6 Å². The number of ketones is 1. The van der Waals surface area contributed by atoms with Crippen molar-refractivity contribution < 1.29 is 15.0 Å². The molecule has 0 aliphatic heterocycles. The minimum Gasteiger partial charge on any atom is -0.506 e. The third-order valence-corrected chi connectivity index (χ3v) is 7.38. The molecular formula is C31H20Cl4N4O3. The van der Waals surface area contributed by atoms with Gasteiger partial charge in [-0.1, -0.05) is 58.5 Å². The maximum atomic E-state index is 13.2. The summed E-state index contributed by atoms with van der Waals surface area (Å²) in [6.07, 6.45) is 4.61. The second kappa shape index (κ2) is 12.9. The van der Waals surface area contributed by atoms with Gasteiger partial charge in [-0.05, 0) is 96.8 Å². The molecule has 0 saturated heterocycles. The monoisotopic (exact) mass is 636 g/mol. The molecule has 2 N–H and O–H groups in total. The van der Waals surface area contributed by atoms with Gasteiger partial charge in [0, 0.05) is 21.2 Å². The number of phenols is 2. The fourth-order valence-corrected chi connectivity index (χ4v) is 4.78. The fraction of sp³-hybridized carbons (Fsp3) is 0.0645. The first-order chi connectivity index (χ1) is 20.2. The Balaban J connectivity index is 1.35. The summed E-state index contributed by atoms with van der Waals surface area (Å²) in [6.45, 7) is 0. The molecule has 42 heavy (non-hydrogen) atoms. The second-order valence-corrected chi connectivity index (χ2v) is 10.9. The maximum Gasteiger partial charge on any atom is 0.185 e. The van der Waals surface area contributed by atoms with Crippen LogP contribution < -0.4 is 0 Å². The van der Waals surface area contributed by atoms with Crippen molar-refractivity contribution in [3.8, 4) is 11.5 Å². The van der Waals surface area contributed by atoms with Crippen molar-refractivity contribution in [3.63, 3.8) is 0 Å². The summed E-state index contributed by atoms with van der Waals surface area (Å²) in [5, 5.41) is 38.6. The largest absolute Gasteiger partial charge is 0.506 e. The first-order valence-electron chi connectivity index (χ1n) is 12.5. The minimum absolute atomic E-state index is 0.0738. The molecule has 0 atom stereocenters. The van der Waals surface area contributed by atoms with Crippen LogP contribution in [0, 0.1) is 0 Å². The molecule has 0 spiro atoms. The Morgan fingerprint density at radius 2 is 0.952 bits per heavy atom. The van der Waals surface area contributed by atoms with E-state index in [4.69, 9.17) is 46.4 Å². The number of rotatable bonds is 6. The van der Waals surface area contributed by atoms with Gasteiger partial charge in [0.1, 0.15) is 34.2 Å². The van der Waals surface area contributed by atoms with Crippen molar-refractivity contribution in [3.05, 3.63) is 115 Å². The normalized spacial score (nSPS) is 15.6. The van der Waals surface area contributed by atoms with Crippen LogP contribution in [0.25, 0.3) is 12.2 Å². The highest BCUT2D eigenvalue weighted by molar-refractivity contribution is 6.35. The van der Waals surface area contributed by atoms with Gasteiger partial charge >= 0.3 is 0 Å². The molecule has 0 unspecified atom stereocenters. The van der Waals surface area contributed by atoms with E-state index in [-0.39, 0.29) is 28.7 Å². The molecule has 210 valence electrons. The van der Waals surface area contributed by atoms with Gasteiger partial charge in [0.2, 0.25) is 0 Å². The summed E-state index contributed by atoms with van der Waals surface area (Å²) in [6, 6.07) is 19.2. The number of benzene rings is 4. The molecule has 0 radical (unpaired) electrons. The van der Waals surface area contributed by atoms with Crippen LogP contribution in [-0.4, -0.2) is 16.0 Å². The Morgan fingerprint density at radius 1 is 0.548 bits per heavy atom. The number of Topliss-reactive ketones (excluding diaryl/α,β-unsaturated/α-hetero) is 1. The van der Waals surface area contributed by atoms with Crippen LogP contribution in [0.4, 0.5) is 22.7 Å². The number of hydrogen-bond acceptors (Lipinski definition) is 7. The molecule has 1 fully saturated rings. The highest BCUT2D eigenvalue weighted by Gasteiger charge is 2.23. The summed E-state index contributed by atoms with van der Waals surface area (Å²) in [5.41, 5.74) is 3.73. The zero-order valence-electron chi connectivity index (χ0n) is 21.6. The van der Waals surface area contributed by atoms with Gasteiger partial charge in [0.15, 0.2) is 5.78 Å². The molecule has 1 aliphatic carbocycles. The summed E-state index contributed by atoms with van der Waals surface area (Å²) in [5.74, 6) is -0.246. The van der Waals surface area contributed by atoms with Gasteiger partial charge in [-0.2, -0.15) is 0 Å². The average molecular weight is 638 g/mol. The van der Waals surface area contributed by atoms with Gasteiger partial charge < -0.3 is 10.2 Å². The van der Waals surface area contributed by atoms with E-state index in [1.54, 1.807) is 72.8 Å². The van der Waals surface area contributed by atoms with Crippen molar-refractivity contribution in [2.75, 3.05) is 0 Å². The number of hydrogen-bond donors (Lipinski definition) is 2. The van der Waals surface area contributed by atoms with Crippen LogP contribution in [0.5, 0.6) is 11.5 Å². The maximum absolute atomic E-state index is 13.2. The highest BCUT2D eigenvalue weighted by Crippen LogP contribution is 2.37. The zero-order valence-corrected chi connectivity index (χ0v) is 24.6. The van der Waals surface area contributed by atoms with E-state index < -0.39 is 0 Å². The van der Waals surface area contributed by atoms with Crippen LogP contribution in [0.3, 0.4) is 0 Å². The van der Waals surface area contributed by atoms with Gasteiger partial charge in [-0.25, -0.2) is 0 Å². The molecule has 7 nitrogen and oxygen atoms in total. The predicted molar refractivity (Wildman–Crippen MR) is 168 cm³/mol. The molecule has 4 aromatic carbocycles. The van der Waals surface area contributed by atoms with Crippen molar-refractivity contribution >= 4 is 87.1 Å². The smallest absolute Gasteiger partial charge is 0.185 e. The van der Waals surface area contributed by atoms with Gasteiger partial charge in [0.05, 0.1) is 10.0 Å². The molecule has 0 heterocycles. The van der Waals surface area contributed by atoms with E-state index in [1.165, 1.54) is 12.1 Å². The number of allylic oxidation sites excluding steroid dienone is 2. The Hall–Kier alpha value is -4.01. The lowest BCUT2D eigenvalue weighted by Crippen LogP contribution is -1.95. The Kier molecular flexibility index (Phi) is 9.04. The van der Waals surface area contributed by atoms with E-state index in [9.17, 15) is 15.0 Å². The van der Waals surface area contributed by atoms with Crippen molar-refractivity contribution in [1.29, 1.82) is 0 Å². The van der Waals surface area contributed by atoms with E-state index >= 15 is 0 Å². The highest BCUT2D eigenvalue weighted by atomic mass is 35.5. The number of carbonyl (C=O) groups excluding carboxylic acids is 1. The number of halogens is 4. The topological polar surface area (TPSA) is 107 Å². The molecule has 0 bridgehead atoms. The fourth-order valence-electron chi connectivity index (χ4n) is 4.14. The number of nitrogens with zero attached hydrogens (tertiary/aromatic N) is 4. The van der Waals surface area contributed by atoms with Crippen molar-refractivity contribution in [1.82, 2.24) is 0 Å². The molecule has 1 aliphatic rings. The lowest BCUT2D eigenvalue weighted by molar-refractivity contribution is -0.111. The van der Waals surface area contributed by atoms with Crippen LogP contribution in [-0.2, 0) is 4.79 Å². The van der Waals surface area contributed by atoms with E-state index in [2.05, 4.69) is 20.5 Å². The summed E-state index contributed by atoms with van der Waals surface area (Å²) in [7, 11) is 0. The molecule has 0 amide bonds. The van der Waals surface area contributed by atoms with Gasteiger partial charge in [-0.3, -0.25) is 4.79 Å². The minimum atomic E-state index is -0.0982. The number of aromatic hydroxyl groups is 2. The summed E-state index contributed by atoms with van der Waals surface area (Å²) < 4.78 is 0. The zero-order chi connectivity index (χ0) is 29.8. The molecule has 5 rings (SSSR count). The number of azo groups is 2. The van der Waals surface area contributed by atoms with Gasteiger partial charge in [0.25, 0.3) is 0 Å². The molecular weight excluding hydrogens is 618 g/mol. The summed E-state index contributed by atoms with van der Waals surface area (Å²) >= 11 is 24.3. The number of phenolic OH excluding ortho intramolecular Hbond substituents is 2. The molecule has 4 aromatic rings. The Morgan fingerprint density at radius 3 is 1.38 bits per heavy atom. The second-order valence-electron chi connectivity index (χ2n) is 9.26.